The monoisotopic (exact) mass is 563 g/mol. The third-order valence-electron chi connectivity index (χ3n) is 5.98. The quantitative estimate of drug-likeness (QED) is 0.409. The van der Waals surface area contributed by atoms with Gasteiger partial charge in [-0.2, -0.15) is 0 Å². The molecule has 3 amide bonds. The van der Waals surface area contributed by atoms with E-state index in [1.54, 1.807) is 29.5 Å². The van der Waals surface area contributed by atoms with Crippen LogP contribution in [0.25, 0.3) is 0 Å². The van der Waals surface area contributed by atoms with Gasteiger partial charge in [0.05, 0.1) is 44.3 Å². The van der Waals surface area contributed by atoms with Crippen LogP contribution in [0.2, 0.25) is 0 Å². The Bertz CT molecular complexity index is 1470. The molecule has 3 heterocycles. The first-order chi connectivity index (χ1) is 19.0. The topological polar surface area (TPSA) is 122 Å². The average molecular weight is 564 g/mol. The van der Waals surface area contributed by atoms with Crippen molar-refractivity contribution in [3.8, 4) is 11.5 Å². The van der Waals surface area contributed by atoms with E-state index in [4.69, 9.17) is 9.47 Å². The van der Waals surface area contributed by atoms with E-state index in [-0.39, 0.29) is 29.9 Å². The molecule has 3 aromatic rings. The number of rotatable bonds is 9. The first kappa shape index (κ1) is 26.4. The predicted octanol–water partition coefficient (Wildman–Crippen LogP) is 3.80. The summed E-state index contributed by atoms with van der Waals surface area (Å²) in [5, 5.41) is 7.94. The Morgan fingerprint density at radius 1 is 1.08 bits per heavy atom. The second-order valence-electron chi connectivity index (χ2n) is 8.52. The fourth-order valence-corrected chi connectivity index (χ4v) is 5.55. The Morgan fingerprint density at radius 3 is 2.69 bits per heavy atom. The van der Waals surface area contributed by atoms with Crippen LogP contribution < -0.4 is 20.1 Å². The predicted molar refractivity (Wildman–Crippen MR) is 152 cm³/mol. The molecular formula is C27H25N5O5S2. The van der Waals surface area contributed by atoms with E-state index in [0.29, 0.717) is 46.0 Å². The summed E-state index contributed by atoms with van der Waals surface area (Å²) in [5.74, 6) is 0.527. The van der Waals surface area contributed by atoms with Crippen LogP contribution in [0, 0.1) is 0 Å². The summed E-state index contributed by atoms with van der Waals surface area (Å²) in [6.07, 6.45) is -0.0829. The standard InChI is InChI=1S/C27H25N5O5S2/c1-36-16-9-10-22(37-2)20(12-16)29-24(34)15-39-27-31-19-8-4-3-7-18(19)25-30-21(26(35)32(25)27)13-23(33)28-14-17-6-5-11-38-17/h3-12,21H,13-15H2,1-2H3,(H,28,33)(H,29,34)/t21-/m0/s1. The van der Waals surface area contributed by atoms with Crippen LogP contribution in [-0.4, -0.2) is 59.6 Å². The highest BCUT2D eigenvalue weighted by atomic mass is 32.2. The highest BCUT2D eigenvalue weighted by Crippen LogP contribution is 2.34. The molecule has 0 spiro atoms. The molecule has 10 nitrogen and oxygen atoms in total. The number of aliphatic imine (C=N–C) groups is 2. The van der Waals surface area contributed by atoms with Crippen molar-refractivity contribution in [1.82, 2.24) is 10.2 Å². The molecular weight excluding hydrogens is 538 g/mol. The molecule has 39 heavy (non-hydrogen) atoms. The van der Waals surface area contributed by atoms with Gasteiger partial charge in [0, 0.05) is 16.5 Å². The van der Waals surface area contributed by atoms with E-state index < -0.39 is 6.04 Å². The summed E-state index contributed by atoms with van der Waals surface area (Å²) in [7, 11) is 3.05. The van der Waals surface area contributed by atoms with E-state index in [0.717, 1.165) is 16.6 Å². The summed E-state index contributed by atoms with van der Waals surface area (Å²) >= 11 is 2.66. The Balaban J connectivity index is 1.29. The maximum absolute atomic E-state index is 13.4. The summed E-state index contributed by atoms with van der Waals surface area (Å²) in [5.41, 5.74) is 1.80. The minimum absolute atomic E-state index is 0.0234. The number of benzene rings is 2. The molecule has 2 N–H and O–H groups in total. The molecule has 0 radical (unpaired) electrons. The summed E-state index contributed by atoms with van der Waals surface area (Å²) in [4.78, 5) is 50.6. The summed E-state index contributed by atoms with van der Waals surface area (Å²) < 4.78 is 10.6. The number of hydrogen-bond acceptors (Lipinski definition) is 9. The minimum Gasteiger partial charge on any atom is -0.497 e. The highest BCUT2D eigenvalue weighted by Gasteiger charge is 2.42. The lowest BCUT2D eigenvalue weighted by Crippen LogP contribution is -2.42. The number of carbonyl (C=O) groups is 3. The number of methoxy groups -OCH3 is 2. The molecule has 0 fully saturated rings. The molecule has 2 aliphatic rings. The molecule has 12 heteroatoms. The molecule has 2 aromatic carbocycles. The van der Waals surface area contributed by atoms with E-state index in [1.165, 1.54) is 19.1 Å². The number of nitrogens with one attached hydrogen (secondary N) is 2. The number of amidine groups is 2. The number of fused-ring (bicyclic) bond motifs is 3. The van der Waals surface area contributed by atoms with Crippen molar-refractivity contribution in [3.63, 3.8) is 0 Å². The van der Waals surface area contributed by atoms with Crippen LogP contribution in [0.5, 0.6) is 11.5 Å². The number of carbonyl (C=O) groups excluding carboxylic acids is 3. The first-order valence-corrected chi connectivity index (χ1v) is 13.9. The van der Waals surface area contributed by atoms with Crippen molar-refractivity contribution in [1.29, 1.82) is 0 Å². The van der Waals surface area contributed by atoms with Crippen LogP contribution in [0.15, 0.2) is 70.0 Å². The minimum atomic E-state index is -0.879. The fraction of sp³-hybridized carbons (Fsp3) is 0.222. The molecule has 0 unspecified atom stereocenters. The molecule has 0 saturated heterocycles. The lowest BCUT2D eigenvalue weighted by molar-refractivity contribution is -0.128. The number of anilines is 1. The zero-order valence-electron chi connectivity index (χ0n) is 21.2. The number of para-hydroxylation sites is 1. The number of ether oxygens (including phenoxy) is 2. The van der Waals surface area contributed by atoms with E-state index in [9.17, 15) is 14.4 Å². The van der Waals surface area contributed by atoms with Crippen molar-refractivity contribution in [2.24, 2.45) is 9.98 Å². The number of amides is 3. The van der Waals surface area contributed by atoms with Crippen LogP contribution in [0.3, 0.4) is 0 Å². The zero-order valence-corrected chi connectivity index (χ0v) is 22.8. The van der Waals surface area contributed by atoms with Gasteiger partial charge in [0.2, 0.25) is 11.8 Å². The van der Waals surface area contributed by atoms with Crippen LogP contribution in [0.4, 0.5) is 11.4 Å². The van der Waals surface area contributed by atoms with Crippen LogP contribution in [-0.2, 0) is 20.9 Å². The van der Waals surface area contributed by atoms with Gasteiger partial charge in [0.25, 0.3) is 5.91 Å². The molecule has 2 aliphatic heterocycles. The van der Waals surface area contributed by atoms with Gasteiger partial charge in [-0.3, -0.25) is 19.4 Å². The van der Waals surface area contributed by atoms with Crippen LogP contribution >= 0.6 is 23.1 Å². The smallest absolute Gasteiger partial charge is 0.259 e. The molecule has 1 aromatic heterocycles. The van der Waals surface area contributed by atoms with Crippen molar-refractivity contribution in [3.05, 3.63) is 70.4 Å². The number of thioether (sulfide) groups is 1. The van der Waals surface area contributed by atoms with Crippen LogP contribution in [0.1, 0.15) is 16.9 Å². The van der Waals surface area contributed by atoms with Crippen molar-refractivity contribution in [2.75, 3.05) is 25.3 Å². The normalized spacial score (nSPS) is 15.6. The van der Waals surface area contributed by atoms with Gasteiger partial charge >= 0.3 is 0 Å². The van der Waals surface area contributed by atoms with E-state index in [2.05, 4.69) is 20.6 Å². The number of hydrogen-bond donors (Lipinski definition) is 2. The number of nitrogens with zero attached hydrogens (tertiary/aromatic N) is 3. The average Bonchev–Trinajstić information content (AvgIpc) is 3.59. The first-order valence-electron chi connectivity index (χ1n) is 12.0. The van der Waals surface area contributed by atoms with Gasteiger partial charge < -0.3 is 20.1 Å². The maximum atomic E-state index is 13.4. The Kier molecular flexibility index (Phi) is 7.94. The molecule has 200 valence electrons. The van der Waals surface area contributed by atoms with Gasteiger partial charge in [-0.15, -0.1) is 11.3 Å². The third-order valence-corrected chi connectivity index (χ3v) is 7.79. The zero-order chi connectivity index (χ0) is 27.4. The Labute approximate surface area is 233 Å². The van der Waals surface area contributed by atoms with Crippen molar-refractivity contribution >= 4 is 63.2 Å². The van der Waals surface area contributed by atoms with E-state index in [1.807, 2.05) is 41.8 Å². The second kappa shape index (κ2) is 11.7. The maximum Gasteiger partial charge on any atom is 0.259 e. The molecule has 0 bridgehead atoms. The molecule has 1 atom stereocenters. The lowest BCUT2D eigenvalue weighted by Gasteiger charge is -2.25. The molecule has 0 saturated carbocycles. The van der Waals surface area contributed by atoms with Gasteiger partial charge in [-0.25, -0.2) is 9.89 Å². The third kappa shape index (κ3) is 5.81. The summed E-state index contributed by atoms with van der Waals surface area (Å²) in [6, 6.07) is 15.4. The Morgan fingerprint density at radius 2 is 1.92 bits per heavy atom. The SMILES string of the molecule is COc1ccc(OC)c(NC(=O)CSC2=Nc3ccccc3C3=N[C@@H](CC(=O)NCc4cccs4)C(=O)N23)c1. The van der Waals surface area contributed by atoms with Crippen molar-refractivity contribution < 1.29 is 23.9 Å². The van der Waals surface area contributed by atoms with Gasteiger partial charge in [-0.1, -0.05) is 30.0 Å². The Hall–Kier alpha value is -4.16. The fourth-order valence-electron chi connectivity index (χ4n) is 4.11. The molecule has 0 aliphatic carbocycles. The summed E-state index contributed by atoms with van der Waals surface area (Å²) in [6.45, 7) is 0.399. The van der Waals surface area contributed by atoms with E-state index >= 15 is 0 Å². The molecule has 5 rings (SSSR count). The highest BCUT2D eigenvalue weighted by molar-refractivity contribution is 8.14. The van der Waals surface area contributed by atoms with Crippen molar-refractivity contribution in [2.45, 2.75) is 19.0 Å². The largest absolute Gasteiger partial charge is 0.497 e. The van der Waals surface area contributed by atoms with Gasteiger partial charge in [0.15, 0.2) is 5.17 Å². The lowest BCUT2D eigenvalue weighted by atomic mass is 10.1. The van der Waals surface area contributed by atoms with Gasteiger partial charge in [0.1, 0.15) is 23.4 Å². The number of thiophene rings is 1. The second-order valence-corrected chi connectivity index (χ2v) is 10.5. The van der Waals surface area contributed by atoms with Gasteiger partial charge in [-0.05, 0) is 35.7 Å².